The molecule has 5 nitrogen and oxygen atoms in total. The van der Waals surface area contributed by atoms with Crippen LogP contribution in [0.5, 0.6) is 0 Å². The van der Waals surface area contributed by atoms with Crippen LogP contribution in [0.4, 0.5) is 4.39 Å². The second-order valence-electron chi connectivity index (χ2n) is 4.39. The molecule has 1 fully saturated rings. The Morgan fingerprint density at radius 3 is 2.78 bits per heavy atom. The van der Waals surface area contributed by atoms with Gasteiger partial charge in [-0.25, -0.2) is 4.39 Å². The van der Waals surface area contributed by atoms with Crippen LogP contribution in [0, 0.1) is 5.82 Å². The van der Waals surface area contributed by atoms with Crippen molar-refractivity contribution in [3.63, 3.8) is 0 Å². The molecule has 0 bridgehead atoms. The van der Waals surface area contributed by atoms with Crippen LogP contribution in [-0.2, 0) is 5.60 Å². The lowest BCUT2D eigenvalue weighted by atomic mass is 10.0. The third-order valence-corrected chi connectivity index (χ3v) is 3.06. The van der Waals surface area contributed by atoms with E-state index in [4.69, 9.17) is 4.52 Å². The van der Waals surface area contributed by atoms with Gasteiger partial charge in [0.15, 0.2) is 5.60 Å². The third-order valence-electron chi connectivity index (χ3n) is 3.06. The molecule has 1 aliphatic heterocycles. The van der Waals surface area contributed by atoms with Crippen LogP contribution in [0.3, 0.4) is 0 Å². The quantitative estimate of drug-likeness (QED) is 0.832. The summed E-state index contributed by atoms with van der Waals surface area (Å²) in [5.74, 6) is 0.234. The summed E-state index contributed by atoms with van der Waals surface area (Å²) >= 11 is 0. The van der Waals surface area contributed by atoms with Gasteiger partial charge in [0.2, 0.25) is 5.82 Å². The van der Waals surface area contributed by atoms with E-state index in [0.717, 1.165) is 0 Å². The molecule has 0 amide bonds. The van der Waals surface area contributed by atoms with Gasteiger partial charge in [0.1, 0.15) is 5.82 Å². The Balaban J connectivity index is 1.91. The highest BCUT2D eigenvalue weighted by Gasteiger charge is 2.38. The van der Waals surface area contributed by atoms with E-state index in [9.17, 15) is 9.50 Å². The summed E-state index contributed by atoms with van der Waals surface area (Å²) < 4.78 is 17.9. The van der Waals surface area contributed by atoms with Gasteiger partial charge in [-0.1, -0.05) is 5.16 Å². The zero-order valence-corrected chi connectivity index (χ0v) is 9.56. The summed E-state index contributed by atoms with van der Waals surface area (Å²) in [5.41, 5.74) is -0.438. The summed E-state index contributed by atoms with van der Waals surface area (Å²) in [6.07, 6.45) is 0.540. The molecule has 0 radical (unpaired) electrons. The van der Waals surface area contributed by atoms with Crippen LogP contribution in [-0.4, -0.2) is 28.3 Å². The Morgan fingerprint density at radius 1 is 1.33 bits per heavy atom. The van der Waals surface area contributed by atoms with E-state index < -0.39 is 5.60 Å². The van der Waals surface area contributed by atoms with Gasteiger partial charge in [-0.3, -0.25) is 0 Å². The highest BCUT2D eigenvalue weighted by molar-refractivity contribution is 5.53. The normalized spacial score (nSPS) is 23.4. The lowest BCUT2D eigenvalue weighted by Gasteiger charge is -2.14. The number of benzene rings is 1. The van der Waals surface area contributed by atoms with Crippen LogP contribution < -0.4 is 5.32 Å². The van der Waals surface area contributed by atoms with E-state index in [0.29, 0.717) is 30.9 Å². The molecule has 94 valence electrons. The maximum Gasteiger partial charge on any atom is 0.260 e. The largest absolute Gasteiger partial charge is 0.379 e. The minimum absolute atomic E-state index is 0.201. The molecule has 0 spiro atoms. The molecular formula is C12H12FN3O2. The van der Waals surface area contributed by atoms with Crippen LogP contribution >= 0.6 is 0 Å². The molecule has 2 heterocycles. The topological polar surface area (TPSA) is 71.2 Å². The SMILES string of the molecule is OC1(c2nc(-c3ccc(F)cc3)no2)CCNC1. The lowest BCUT2D eigenvalue weighted by Crippen LogP contribution is -2.28. The van der Waals surface area contributed by atoms with E-state index in [1.54, 1.807) is 12.1 Å². The molecule has 1 unspecified atom stereocenters. The van der Waals surface area contributed by atoms with Crippen LogP contribution in [0.2, 0.25) is 0 Å². The average Bonchev–Trinajstić information content (AvgIpc) is 2.99. The van der Waals surface area contributed by atoms with Crippen molar-refractivity contribution < 1.29 is 14.0 Å². The first kappa shape index (κ1) is 11.3. The maximum atomic E-state index is 12.8. The highest BCUT2D eigenvalue weighted by Crippen LogP contribution is 2.27. The number of nitrogens with one attached hydrogen (secondary N) is 1. The molecule has 1 saturated heterocycles. The van der Waals surface area contributed by atoms with Gasteiger partial charge in [0.25, 0.3) is 5.89 Å². The van der Waals surface area contributed by atoms with Crippen molar-refractivity contribution in [1.82, 2.24) is 15.5 Å². The van der Waals surface area contributed by atoms with Gasteiger partial charge in [-0.15, -0.1) is 0 Å². The molecule has 2 N–H and O–H groups in total. The Morgan fingerprint density at radius 2 is 2.11 bits per heavy atom. The third kappa shape index (κ3) is 1.89. The van der Waals surface area contributed by atoms with E-state index in [1.807, 2.05) is 0 Å². The monoisotopic (exact) mass is 249 g/mol. The molecule has 2 aromatic rings. The van der Waals surface area contributed by atoms with Crippen molar-refractivity contribution in [2.75, 3.05) is 13.1 Å². The summed E-state index contributed by atoms with van der Waals surface area (Å²) in [7, 11) is 0. The van der Waals surface area contributed by atoms with Gasteiger partial charge in [0, 0.05) is 12.1 Å². The van der Waals surface area contributed by atoms with E-state index in [1.165, 1.54) is 12.1 Å². The number of aromatic nitrogens is 2. The van der Waals surface area contributed by atoms with Crippen molar-refractivity contribution in [1.29, 1.82) is 0 Å². The average molecular weight is 249 g/mol. The predicted molar refractivity (Wildman–Crippen MR) is 61.1 cm³/mol. The molecule has 1 aromatic carbocycles. The number of rotatable bonds is 2. The Kier molecular flexibility index (Phi) is 2.61. The number of nitrogens with zero attached hydrogens (tertiary/aromatic N) is 2. The molecule has 3 rings (SSSR count). The second kappa shape index (κ2) is 4.15. The van der Waals surface area contributed by atoms with Crippen LogP contribution in [0.25, 0.3) is 11.4 Å². The zero-order chi connectivity index (χ0) is 12.6. The fraction of sp³-hybridized carbons (Fsp3) is 0.333. The standard InChI is InChI=1S/C12H12FN3O2/c13-9-3-1-8(2-4-9)10-15-11(18-16-10)12(17)5-6-14-7-12/h1-4,14,17H,5-7H2. The molecule has 0 aliphatic carbocycles. The molecule has 6 heteroatoms. The Hall–Kier alpha value is -1.79. The van der Waals surface area contributed by atoms with E-state index in [-0.39, 0.29) is 11.7 Å². The zero-order valence-electron chi connectivity index (χ0n) is 9.56. The predicted octanol–water partition coefficient (Wildman–Crippen LogP) is 1.06. The summed E-state index contributed by atoms with van der Waals surface area (Å²) in [6, 6.07) is 5.80. The van der Waals surface area contributed by atoms with Gasteiger partial charge in [0.05, 0.1) is 0 Å². The Bertz CT molecular complexity index is 547. The maximum absolute atomic E-state index is 12.8. The molecular weight excluding hydrogens is 237 g/mol. The summed E-state index contributed by atoms with van der Waals surface area (Å²) in [5, 5.41) is 17.1. The second-order valence-corrected chi connectivity index (χ2v) is 4.39. The van der Waals surface area contributed by atoms with Gasteiger partial charge >= 0.3 is 0 Å². The van der Waals surface area contributed by atoms with Crippen molar-refractivity contribution in [2.45, 2.75) is 12.0 Å². The number of hydrogen-bond acceptors (Lipinski definition) is 5. The lowest BCUT2D eigenvalue weighted by molar-refractivity contribution is 0.0243. The fourth-order valence-electron chi connectivity index (χ4n) is 1.99. The minimum Gasteiger partial charge on any atom is -0.379 e. The number of hydrogen-bond donors (Lipinski definition) is 2. The first-order valence-corrected chi connectivity index (χ1v) is 5.71. The highest BCUT2D eigenvalue weighted by atomic mass is 19.1. The number of halogens is 1. The Labute approximate surface area is 103 Å². The molecule has 0 saturated carbocycles. The van der Waals surface area contributed by atoms with Gasteiger partial charge in [-0.2, -0.15) is 4.98 Å². The summed E-state index contributed by atoms with van der Waals surface area (Å²) in [6.45, 7) is 1.11. The van der Waals surface area contributed by atoms with Gasteiger partial charge < -0.3 is 14.9 Å². The first-order chi connectivity index (χ1) is 8.67. The first-order valence-electron chi connectivity index (χ1n) is 5.71. The van der Waals surface area contributed by atoms with Crippen LogP contribution in [0.1, 0.15) is 12.3 Å². The molecule has 1 aromatic heterocycles. The molecule has 1 atom stereocenters. The van der Waals surface area contributed by atoms with Gasteiger partial charge in [-0.05, 0) is 37.2 Å². The van der Waals surface area contributed by atoms with Crippen LogP contribution in [0.15, 0.2) is 28.8 Å². The number of aliphatic hydroxyl groups is 1. The van der Waals surface area contributed by atoms with Crippen molar-refractivity contribution in [2.24, 2.45) is 0 Å². The minimum atomic E-state index is -1.09. The smallest absolute Gasteiger partial charge is 0.260 e. The van der Waals surface area contributed by atoms with E-state index in [2.05, 4.69) is 15.5 Å². The van der Waals surface area contributed by atoms with Crippen molar-refractivity contribution in [3.05, 3.63) is 36.0 Å². The number of β-amino-alcohol motifs (C(OH)–C–C–N with tert-alkyl or cyclic N) is 1. The fourth-order valence-corrected chi connectivity index (χ4v) is 1.99. The summed E-state index contributed by atoms with van der Waals surface area (Å²) in [4.78, 5) is 4.17. The van der Waals surface area contributed by atoms with Crippen molar-refractivity contribution in [3.8, 4) is 11.4 Å². The molecule has 1 aliphatic rings. The van der Waals surface area contributed by atoms with Crippen molar-refractivity contribution >= 4 is 0 Å². The molecule has 18 heavy (non-hydrogen) atoms. The van der Waals surface area contributed by atoms with E-state index >= 15 is 0 Å².